The number of pyridine rings is 1. The third-order valence-electron chi connectivity index (χ3n) is 3.11. The highest BCUT2D eigenvalue weighted by molar-refractivity contribution is 9.10. The van der Waals surface area contributed by atoms with Crippen LogP contribution >= 0.6 is 15.9 Å². The molecule has 1 aromatic rings. The quantitative estimate of drug-likeness (QED) is 0.896. The van der Waals surface area contributed by atoms with Gasteiger partial charge in [-0.15, -0.1) is 0 Å². The Hall–Kier alpha value is -0.810. The first-order valence-electron chi connectivity index (χ1n) is 5.40. The summed E-state index contributed by atoms with van der Waals surface area (Å²) >= 11 is 3.52. The van der Waals surface area contributed by atoms with Gasteiger partial charge in [-0.1, -0.05) is 0 Å². The molecule has 0 aliphatic carbocycles. The molecule has 0 saturated carbocycles. The van der Waals surface area contributed by atoms with Gasteiger partial charge >= 0.3 is 0 Å². The predicted molar refractivity (Wildman–Crippen MR) is 70.7 cm³/mol. The van der Waals surface area contributed by atoms with E-state index in [1.165, 1.54) is 6.42 Å². The van der Waals surface area contributed by atoms with E-state index < -0.39 is 0 Å². The monoisotopic (exact) mass is 284 g/mol. The van der Waals surface area contributed by atoms with Gasteiger partial charge in [0.05, 0.1) is 22.0 Å². The zero-order valence-corrected chi connectivity index (χ0v) is 11.2. The van der Waals surface area contributed by atoms with Crippen LogP contribution in [0.1, 0.15) is 6.42 Å². The Morgan fingerprint density at radius 1 is 1.50 bits per heavy atom. The Morgan fingerprint density at radius 3 is 2.81 bits per heavy atom. The molecule has 16 heavy (non-hydrogen) atoms. The van der Waals surface area contributed by atoms with Crippen molar-refractivity contribution < 1.29 is 0 Å². The molecule has 5 heteroatoms. The van der Waals surface area contributed by atoms with E-state index in [-0.39, 0.29) is 0 Å². The average Bonchev–Trinajstić information content (AvgIpc) is 2.66. The summed E-state index contributed by atoms with van der Waals surface area (Å²) in [5, 5.41) is 0. The molecule has 0 spiro atoms. The first kappa shape index (κ1) is 11.7. The highest BCUT2D eigenvalue weighted by Gasteiger charge is 2.26. The minimum absolute atomic E-state index is 0.611. The van der Waals surface area contributed by atoms with Crippen LogP contribution in [0.2, 0.25) is 0 Å². The maximum absolute atomic E-state index is 5.97. The normalized spacial score (nSPS) is 20.8. The number of hydrogen-bond donors (Lipinski definition) is 1. The topological polar surface area (TPSA) is 45.4 Å². The molecule has 1 aromatic heterocycles. The number of nitrogen functional groups attached to an aromatic ring is 1. The molecule has 88 valence electrons. The molecule has 4 nitrogen and oxygen atoms in total. The van der Waals surface area contributed by atoms with Crippen LogP contribution in [-0.2, 0) is 0 Å². The van der Waals surface area contributed by atoms with Gasteiger partial charge in [0.1, 0.15) is 0 Å². The number of hydrogen-bond acceptors (Lipinski definition) is 4. The number of likely N-dealkylation sites (N-methyl/N-ethyl adjacent to an activating group) is 1. The molecule has 1 aliphatic rings. The second-order valence-corrected chi connectivity index (χ2v) is 5.27. The fourth-order valence-electron chi connectivity index (χ4n) is 2.14. The van der Waals surface area contributed by atoms with E-state index in [4.69, 9.17) is 5.73 Å². The third-order valence-corrected chi connectivity index (χ3v) is 3.69. The minimum Gasteiger partial charge on any atom is -0.396 e. The van der Waals surface area contributed by atoms with Crippen molar-refractivity contribution in [3.05, 3.63) is 16.9 Å². The number of nitrogens with two attached hydrogens (primary N) is 1. The van der Waals surface area contributed by atoms with Crippen molar-refractivity contribution in [2.75, 3.05) is 37.8 Å². The summed E-state index contributed by atoms with van der Waals surface area (Å²) in [7, 11) is 4.25. The van der Waals surface area contributed by atoms with Gasteiger partial charge < -0.3 is 15.5 Å². The molecular formula is C11H17BrN4. The van der Waals surface area contributed by atoms with Gasteiger partial charge in [-0.25, -0.2) is 0 Å². The van der Waals surface area contributed by atoms with Crippen LogP contribution in [0.3, 0.4) is 0 Å². The lowest BCUT2D eigenvalue weighted by molar-refractivity contribution is 0.315. The van der Waals surface area contributed by atoms with Crippen molar-refractivity contribution in [3.63, 3.8) is 0 Å². The second kappa shape index (κ2) is 4.59. The lowest BCUT2D eigenvalue weighted by Gasteiger charge is -2.23. The first-order valence-corrected chi connectivity index (χ1v) is 6.19. The van der Waals surface area contributed by atoms with Gasteiger partial charge in [0.2, 0.25) is 0 Å². The number of anilines is 2. The molecule has 0 bridgehead atoms. The standard InChI is InChI=1S/C11H17BrN4/c1-15(2)8-3-4-16(7-8)11-9(12)5-14-6-10(11)13/h5-6,8H,3-4,7,13H2,1-2H3. The van der Waals surface area contributed by atoms with Crippen LogP contribution < -0.4 is 10.6 Å². The number of rotatable bonds is 2. The van der Waals surface area contributed by atoms with Gasteiger partial charge in [-0.3, -0.25) is 4.98 Å². The Bertz CT molecular complexity index is 360. The summed E-state index contributed by atoms with van der Waals surface area (Å²) in [6.07, 6.45) is 4.69. The van der Waals surface area contributed by atoms with Crippen molar-refractivity contribution in [1.29, 1.82) is 0 Å². The van der Waals surface area contributed by atoms with E-state index in [0.29, 0.717) is 6.04 Å². The fourth-order valence-corrected chi connectivity index (χ4v) is 2.74. The Labute approximate surface area is 105 Å². The largest absolute Gasteiger partial charge is 0.396 e. The maximum Gasteiger partial charge on any atom is 0.0776 e. The van der Waals surface area contributed by atoms with E-state index >= 15 is 0 Å². The Morgan fingerprint density at radius 2 is 2.25 bits per heavy atom. The van der Waals surface area contributed by atoms with E-state index in [9.17, 15) is 0 Å². The van der Waals surface area contributed by atoms with Crippen molar-refractivity contribution in [2.24, 2.45) is 0 Å². The average molecular weight is 285 g/mol. The lowest BCUT2D eigenvalue weighted by atomic mass is 10.2. The summed E-state index contributed by atoms with van der Waals surface area (Å²) < 4.78 is 0.979. The Balaban J connectivity index is 2.20. The molecule has 1 atom stereocenters. The summed E-state index contributed by atoms with van der Waals surface area (Å²) in [6.45, 7) is 2.08. The van der Waals surface area contributed by atoms with Gasteiger partial charge in [0, 0.05) is 25.3 Å². The summed E-state index contributed by atoms with van der Waals surface area (Å²) in [6, 6.07) is 0.611. The van der Waals surface area contributed by atoms with Crippen molar-refractivity contribution in [3.8, 4) is 0 Å². The molecule has 0 amide bonds. The zero-order chi connectivity index (χ0) is 11.7. The van der Waals surface area contributed by atoms with Crippen LogP contribution in [0.15, 0.2) is 16.9 Å². The number of nitrogens with zero attached hydrogens (tertiary/aromatic N) is 3. The second-order valence-electron chi connectivity index (χ2n) is 4.41. The van der Waals surface area contributed by atoms with Gasteiger partial charge in [-0.05, 0) is 36.4 Å². The number of aromatic nitrogens is 1. The van der Waals surface area contributed by atoms with Crippen molar-refractivity contribution in [1.82, 2.24) is 9.88 Å². The SMILES string of the molecule is CN(C)C1CCN(c2c(N)cncc2Br)C1. The predicted octanol–water partition coefficient (Wildman–Crippen LogP) is 1.57. The van der Waals surface area contributed by atoms with E-state index in [2.05, 4.69) is 44.8 Å². The van der Waals surface area contributed by atoms with E-state index in [1.54, 1.807) is 12.4 Å². The van der Waals surface area contributed by atoms with E-state index in [1.807, 2.05) is 0 Å². The fraction of sp³-hybridized carbons (Fsp3) is 0.545. The van der Waals surface area contributed by atoms with Crippen molar-refractivity contribution in [2.45, 2.75) is 12.5 Å². The van der Waals surface area contributed by atoms with Gasteiger partial charge in [0.25, 0.3) is 0 Å². The first-order chi connectivity index (χ1) is 7.59. The molecule has 1 fully saturated rings. The minimum atomic E-state index is 0.611. The summed E-state index contributed by atoms with van der Waals surface area (Å²) in [4.78, 5) is 8.66. The highest BCUT2D eigenvalue weighted by atomic mass is 79.9. The summed E-state index contributed by atoms with van der Waals surface area (Å²) in [5.41, 5.74) is 7.80. The van der Waals surface area contributed by atoms with Crippen LogP contribution in [-0.4, -0.2) is 43.1 Å². The van der Waals surface area contributed by atoms with Crippen LogP contribution in [0.4, 0.5) is 11.4 Å². The maximum atomic E-state index is 5.97. The lowest BCUT2D eigenvalue weighted by Crippen LogP contribution is -2.31. The molecule has 0 aromatic carbocycles. The Kier molecular flexibility index (Phi) is 3.35. The summed E-state index contributed by atoms with van der Waals surface area (Å²) in [5.74, 6) is 0. The van der Waals surface area contributed by atoms with E-state index in [0.717, 1.165) is 28.9 Å². The highest BCUT2D eigenvalue weighted by Crippen LogP contribution is 2.33. The molecule has 1 saturated heterocycles. The van der Waals surface area contributed by atoms with Gasteiger partial charge in [-0.2, -0.15) is 0 Å². The molecular weight excluding hydrogens is 268 g/mol. The van der Waals surface area contributed by atoms with Crippen LogP contribution in [0.25, 0.3) is 0 Å². The van der Waals surface area contributed by atoms with Crippen molar-refractivity contribution >= 4 is 27.3 Å². The number of halogens is 1. The third kappa shape index (κ3) is 2.15. The smallest absolute Gasteiger partial charge is 0.0776 e. The van der Waals surface area contributed by atoms with Gasteiger partial charge in [0.15, 0.2) is 0 Å². The molecule has 2 heterocycles. The molecule has 2 rings (SSSR count). The van der Waals surface area contributed by atoms with Crippen LogP contribution in [0.5, 0.6) is 0 Å². The molecule has 0 radical (unpaired) electrons. The van der Waals surface area contributed by atoms with Crippen LogP contribution in [0, 0.1) is 0 Å². The molecule has 1 aliphatic heterocycles. The molecule has 1 unspecified atom stereocenters. The zero-order valence-electron chi connectivity index (χ0n) is 9.65. The molecule has 2 N–H and O–H groups in total.